The zero-order valence-electron chi connectivity index (χ0n) is 11.9. The Morgan fingerprint density at radius 1 is 0.955 bits per heavy atom. The van der Waals surface area contributed by atoms with Crippen molar-refractivity contribution in [2.24, 2.45) is 0 Å². The molecule has 5 heteroatoms. The number of hydrogen-bond acceptors (Lipinski definition) is 2. The minimum atomic E-state index is -3.59. The van der Waals surface area contributed by atoms with Gasteiger partial charge in [0.2, 0.25) is 0 Å². The summed E-state index contributed by atoms with van der Waals surface area (Å²) in [5.41, 5.74) is 1.55. The van der Waals surface area contributed by atoms with Crippen LogP contribution in [0.25, 0.3) is 10.8 Å². The van der Waals surface area contributed by atoms with Crippen LogP contribution in [-0.4, -0.2) is 8.42 Å². The monoisotopic (exact) mass is 375 g/mol. The van der Waals surface area contributed by atoms with Gasteiger partial charge in [0.05, 0.1) is 10.6 Å². The van der Waals surface area contributed by atoms with Gasteiger partial charge in [-0.1, -0.05) is 57.9 Å². The van der Waals surface area contributed by atoms with Crippen molar-refractivity contribution in [2.75, 3.05) is 4.72 Å². The summed E-state index contributed by atoms with van der Waals surface area (Å²) >= 11 is 3.49. The normalized spacial score (nSPS) is 11.5. The van der Waals surface area contributed by atoms with Gasteiger partial charge in [0, 0.05) is 4.47 Å². The molecule has 0 fully saturated rings. The molecule has 112 valence electrons. The van der Waals surface area contributed by atoms with Crippen LogP contribution in [0.3, 0.4) is 0 Å². The molecule has 0 aliphatic rings. The minimum absolute atomic E-state index is 0.252. The van der Waals surface area contributed by atoms with Crippen LogP contribution in [-0.2, 0) is 10.0 Å². The largest absolute Gasteiger partial charge is 0.280 e. The quantitative estimate of drug-likeness (QED) is 0.720. The molecule has 0 atom stereocenters. The number of sulfonamides is 1. The molecule has 3 aromatic rings. The average Bonchev–Trinajstić information content (AvgIpc) is 2.47. The number of anilines is 1. The fourth-order valence-electron chi connectivity index (χ4n) is 2.25. The van der Waals surface area contributed by atoms with Crippen LogP contribution in [0.15, 0.2) is 70.0 Å². The van der Waals surface area contributed by atoms with Gasteiger partial charge in [-0.15, -0.1) is 0 Å². The zero-order chi connectivity index (χ0) is 15.7. The summed E-state index contributed by atoms with van der Waals surface area (Å²) in [6.45, 7) is 1.92. The summed E-state index contributed by atoms with van der Waals surface area (Å²) in [4.78, 5) is 0.252. The molecular weight excluding hydrogens is 362 g/mol. The maximum Gasteiger partial charge on any atom is 0.261 e. The Morgan fingerprint density at radius 2 is 1.64 bits per heavy atom. The Bertz CT molecular complexity index is 935. The molecule has 0 aliphatic heterocycles. The molecule has 0 saturated heterocycles. The van der Waals surface area contributed by atoms with Crippen molar-refractivity contribution in [1.82, 2.24) is 0 Å². The van der Waals surface area contributed by atoms with E-state index in [0.717, 1.165) is 20.8 Å². The van der Waals surface area contributed by atoms with Gasteiger partial charge in [0.15, 0.2) is 0 Å². The molecule has 22 heavy (non-hydrogen) atoms. The van der Waals surface area contributed by atoms with Crippen molar-refractivity contribution in [3.05, 3.63) is 70.7 Å². The Hall–Kier alpha value is -1.85. The molecule has 0 bridgehead atoms. The first-order valence-corrected chi connectivity index (χ1v) is 9.01. The van der Waals surface area contributed by atoms with Crippen molar-refractivity contribution in [3.63, 3.8) is 0 Å². The standard InChI is InChI=1S/C17H14BrNO2S/c1-12-6-8-15(9-7-12)22(20,21)19-14-10-13-4-2-3-5-16(13)17(18)11-14/h2-11,19H,1H3. The van der Waals surface area contributed by atoms with Gasteiger partial charge >= 0.3 is 0 Å². The molecule has 3 aromatic carbocycles. The van der Waals surface area contributed by atoms with E-state index < -0.39 is 10.0 Å². The Kier molecular flexibility index (Phi) is 3.93. The third-order valence-corrected chi connectivity index (χ3v) is 5.45. The lowest BCUT2D eigenvalue weighted by atomic mass is 10.1. The SMILES string of the molecule is Cc1ccc(S(=O)(=O)Nc2cc(Br)c3ccccc3c2)cc1. The number of fused-ring (bicyclic) bond motifs is 1. The third kappa shape index (κ3) is 3.00. The average molecular weight is 376 g/mol. The molecule has 0 radical (unpaired) electrons. The number of nitrogens with one attached hydrogen (secondary N) is 1. The van der Waals surface area contributed by atoms with Crippen LogP contribution >= 0.6 is 15.9 Å². The zero-order valence-corrected chi connectivity index (χ0v) is 14.3. The minimum Gasteiger partial charge on any atom is -0.280 e. The first kappa shape index (κ1) is 15.1. The van der Waals surface area contributed by atoms with E-state index in [1.165, 1.54) is 0 Å². The summed E-state index contributed by atoms with van der Waals surface area (Å²) < 4.78 is 28.4. The van der Waals surface area contributed by atoms with Gasteiger partial charge in [0.1, 0.15) is 0 Å². The van der Waals surface area contributed by atoms with Crippen molar-refractivity contribution in [3.8, 4) is 0 Å². The van der Waals surface area contributed by atoms with E-state index in [9.17, 15) is 8.42 Å². The fraction of sp³-hybridized carbons (Fsp3) is 0.0588. The number of rotatable bonds is 3. The smallest absolute Gasteiger partial charge is 0.261 e. The van der Waals surface area contributed by atoms with E-state index in [1.54, 1.807) is 30.3 Å². The van der Waals surface area contributed by atoms with E-state index >= 15 is 0 Å². The highest BCUT2D eigenvalue weighted by Gasteiger charge is 2.14. The highest BCUT2D eigenvalue weighted by molar-refractivity contribution is 9.10. The Balaban J connectivity index is 2.00. The van der Waals surface area contributed by atoms with Crippen molar-refractivity contribution in [2.45, 2.75) is 11.8 Å². The number of aryl methyl sites for hydroxylation is 1. The van der Waals surface area contributed by atoms with E-state index in [4.69, 9.17) is 0 Å². The summed E-state index contributed by atoms with van der Waals surface area (Å²) in [5.74, 6) is 0. The first-order chi connectivity index (χ1) is 10.5. The van der Waals surface area contributed by atoms with Crippen LogP contribution in [0.5, 0.6) is 0 Å². The topological polar surface area (TPSA) is 46.2 Å². The molecule has 0 aromatic heterocycles. The van der Waals surface area contributed by atoms with E-state index in [0.29, 0.717) is 5.69 Å². The molecule has 0 aliphatic carbocycles. The molecule has 1 N–H and O–H groups in total. The van der Waals surface area contributed by atoms with Gasteiger partial charge in [-0.2, -0.15) is 0 Å². The molecule has 0 saturated carbocycles. The molecule has 0 spiro atoms. The van der Waals surface area contributed by atoms with Gasteiger partial charge in [0.25, 0.3) is 10.0 Å². The molecule has 0 unspecified atom stereocenters. The Morgan fingerprint density at radius 3 is 2.36 bits per heavy atom. The summed E-state index contributed by atoms with van der Waals surface area (Å²) in [6, 6.07) is 18.2. The highest BCUT2D eigenvalue weighted by atomic mass is 79.9. The number of hydrogen-bond donors (Lipinski definition) is 1. The van der Waals surface area contributed by atoms with Crippen molar-refractivity contribution in [1.29, 1.82) is 0 Å². The molecule has 3 nitrogen and oxygen atoms in total. The van der Waals surface area contributed by atoms with E-state index in [-0.39, 0.29) is 4.90 Å². The van der Waals surface area contributed by atoms with Gasteiger partial charge in [-0.25, -0.2) is 8.42 Å². The lowest BCUT2D eigenvalue weighted by Gasteiger charge is -2.10. The molecule has 0 amide bonds. The third-order valence-electron chi connectivity index (χ3n) is 3.39. The second-order valence-electron chi connectivity index (χ2n) is 5.10. The first-order valence-electron chi connectivity index (χ1n) is 6.73. The highest BCUT2D eigenvalue weighted by Crippen LogP contribution is 2.29. The predicted molar refractivity (Wildman–Crippen MR) is 93.6 cm³/mol. The van der Waals surface area contributed by atoms with Crippen LogP contribution in [0, 0.1) is 6.92 Å². The molecule has 3 rings (SSSR count). The van der Waals surface area contributed by atoms with Gasteiger partial charge < -0.3 is 0 Å². The summed E-state index contributed by atoms with van der Waals surface area (Å²) in [5, 5.41) is 2.01. The number of halogens is 1. The van der Waals surface area contributed by atoms with Crippen LogP contribution in [0.4, 0.5) is 5.69 Å². The fourth-order valence-corrected chi connectivity index (χ4v) is 3.90. The lowest BCUT2D eigenvalue weighted by Crippen LogP contribution is -2.12. The summed E-state index contributed by atoms with van der Waals surface area (Å²) in [7, 11) is -3.59. The lowest BCUT2D eigenvalue weighted by molar-refractivity contribution is 0.601. The van der Waals surface area contributed by atoms with E-state index in [1.807, 2.05) is 37.3 Å². The summed E-state index contributed by atoms with van der Waals surface area (Å²) in [6.07, 6.45) is 0. The maximum absolute atomic E-state index is 12.4. The van der Waals surface area contributed by atoms with E-state index in [2.05, 4.69) is 20.7 Å². The molecular formula is C17H14BrNO2S. The Labute approximate surface area is 138 Å². The second-order valence-corrected chi connectivity index (χ2v) is 7.63. The van der Waals surface area contributed by atoms with Crippen LogP contribution in [0.2, 0.25) is 0 Å². The van der Waals surface area contributed by atoms with Gasteiger partial charge in [-0.05, 0) is 42.0 Å². The van der Waals surface area contributed by atoms with Crippen LogP contribution in [0.1, 0.15) is 5.56 Å². The number of benzene rings is 3. The maximum atomic E-state index is 12.4. The second kappa shape index (κ2) is 5.74. The van der Waals surface area contributed by atoms with Crippen molar-refractivity contribution < 1.29 is 8.42 Å². The van der Waals surface area contributed by atoms with Crippen LogP contribution < -0.4 is 4.72 Å². The van der Waals surface area contributed by atoms with Gasteiger partial charge in [-0.3, -0.25) is 4.72 Å². The predicted octanol–water partition coefficient (Wildman–Crippen LogP) is 4.71. The van der Waals surface area contributed by atoms with Crippen molar-refractivity contribution >= 4 is 42.4 Å². The molecule has 0 heterocycles.